The molecule has 0 spiro atoms. The Morgan fingerprint density at radius 2 is 1.80 bits per heavy atom. The Bertz CT molecular complexity index is 729. The number of aldehydes is 1. The summed E-state index contributed by atoms with van der Waals surface area (Å²) in [5.74, 6) is 1.03. The van der Waals surface area contributed by atoms with Crippen molar-refractivity contribution in [3.05, 3.63) is 46.4 Å². The average Bonchev–Trinajstić information content (AvgIpc) is 2.57. The van der Waals surface area contributed by atoms with Crippen LogP contribution in [0.1, 0.15) is 55.2 Å². The van der Waals surface area contributed by atoms with E-state index in [4.69, 9.17) is 11.6 Å². The number of nitrogens with zero attached hydrogens (tertiary/aromatic N) is 3. The van der Waals surface area contributed by atoms with Crippen LogP contribution in [0.15, 0.2) is 24.3 Å². The Balaban J connectivity index is 2.37. The van der Waals surface area contributed by atoms with Crippen LogP contribution < -0.4 is 5.32 Å². The molecule has 0 aliphatic rings. The maximum absolute atomic E-state index is 11.5. The van der Waals surface area contributed by atoms with E-state index in [2.05, 4.69) is 60.0 Å². The Labute approximate surface area is 154 Å². The summed E-state index contributed by atoms with van der Waals surface area (Å²) in [4.78, 5) is 21.9. The molecule has 2 rings (SSSR count). The molecule has 0 amide bonds. The van der Waals surface area contributed by atoms with Gasteiger partial charge in [-0.15, -0.1) is 0 Å². The minimum absolute atomic E-state index is 0.0550. The van der Waals surface area contributed by atoms with Gasteiger partial charge in [0.05, 0.1) is 0 Å². The van der Waals surface area contributed by atoms with Gasteiger partial charge >= 0.3 is 0 Å². The number of rotatable bonds is 7. The predicted molar refractivity (Wildman–Crippen MR) is 103 cm³/mol. The highest BCUT2D eigenvalue weighted by Gasteiger charge is 2.17. The van der Waals surface area contributed by atoms with Crippen LogP contribution in [0, 0.1) is 0 Å². The molecule has 0 aliphatic carbocycles. The van der Waals surface area contributed by atoms with Crippen molar-refractivity contribution in [2.24, 2.45) is 0 Å². The summed E-state index contributed by atoms with van der Waals surface area (Å²) in [5.41, 5.74) is 3.21. The summed E-state index contributed by atoms with van der Waals surface area (Å²) in [6.07, 6.45) is 0.726. The number of halogens is 1. The first kappa shape index (κ1) is 19.3. The molecule has 1 aromatic carbocycles. The van der Waals surface area contributed by atoms with Gasteiger partial charge in [-0.05, 0) is 56.1 Å². The van der Waals surface area contributed by atoms with Crippen molar-refractivity contribution in [2.45, 2.75) is 46.2 Å². The van der Waals surface area contributed by atoms with Crippen molar-refractivity contribution in [3.8, 4) is 0 Å². The van der Waals surface area contributed by atoms with Gasteiger partial charge in [-0.1, -0.05) is 26.0 Å². The van der Waals surface area contributed by atoms with Crippen LogP contribution >= 0.6 is 11.6 Å². The van der Waals surface area contributed by atoms with Gasteiger partial charge < -0.3 is 5.32 Å². The Hall–Kier alpha value is -1.98. The molecular formula is C19H25ClN4O. The van der Waals surface area contributed by atoms with Crippen molar-refractivity contribution in [3.63, 3.8) is 0 Å². The first-order valence-electron chi connectivity index (χ1n) is 8.40. The quantitative estimate of drug-likeness (QED) is 0.575. The fraction of sp³-hybridized carbons (Fsp3) is 0.421. The second-order valence-electron chi connectivity index (χ2n) is 6.73. The number of nitrogens with one attached hydrogen (secondary N) is 1. The number of anilines is 2. The summed E-state index contributed by atoms with van der Waals surface area (Å²) >= 11 is 6.00. The van der Waals surface area contributed by atoms with Crippen molar-refractivity contribution in [1.82, 2.24) is 14.9 Å². The van der Waals surface area contributed by atoms with E-state index in [1.54, 1.807) is 0 Å². The van der Waals surface area contributed by atoms with Crippen LogP contribution in [0.25, 0.3) is 0 Å². The van der Waals surface area contributed by atoms with E-state index in [-0.39, 0.29) is 5.28 Å². The zero-order chi connectivity index (χ0) is 18.6. The summed E-state index contributed by atoms with van der Waals surface area (Å²) in [7, 11) is 2.00. The Kier molecular flexibility index (Phi) is 6.51. The maximum atomic E-state index is 11.5. The number of aromatic nitrogens is 2. The van der Waals surface area contributed by atoms with Crippen LogP contribution in [-0.2, 0) is 6.54 Å². The molecule has 0 unspecified atom stereocenters. The summed E-state index contributed by atoms with van der Waals surface area (Å²) in [6, 6.07) is 8.49. The zero-order valence-electron chi connectivity index (χ0n) is 15.4. The number of hydrogen-bond acceptors (Lipinski definition) is 5. The number of benzene rings is 1. The van der Waals surface area contributed by atoms with Gasteiger partial charge in [0, 0.05) is 23.8 Å². The third kappa shape index (κ3) is 5.00. The van der Waals surface area contributed by atoms with Gasteiger partial charge in [0.2, 0.25) is 5.28 Å². The van der Waals surface area contributed by atoms with Crippen molar-refractivity contribution in [1.29, 1.82) is 0 Å². The van der Waals surface area contributed by atoms with E-state index in [1.807, 2.05) is 19.2 Å². The van der Waals surface area contributed by atoms with Crippen LogP contribution in [0.5, 0.6) is 0 Å². The highest BCUT2D eigenvalue weighted by Crippen LogP contribution is 2.25. The van der Waals surface area contributed by atoms with Gasteiger partial charge in [0.1, 0.15) is 11.5 Å². The predicted octanol–water partition coefficient (Wildman–Crippen LogP) is 4.65. The maximum Gasteiger partial charge on any atom is 0.225 e. The summed E-state index contributed by atoms with van der Waals surface area (Å²) in [6.45, 7) is 9.05. The molecule has 0 saturated heterocycles. The molecule has 6 heteroatoms. The van der Waals surface area contributed by atoms with E-state index >= 15 is 0 Å². The number of carbonyl (C=O) groups is 1. The molecule has 0 saturated carbocycles. The normalized spacial score (nSPS) is 11.4. The van der Waals surface area contributed by atoms with E-state index in [0.29, 0.717) is 30.0 Å². The third-order valence-electron chi connectivity index (χ3n) is 4.25. The van der Waals surface area contributed by atoms with E-state index in [0.717, 1.165) is 17.5 Å². The SMILES string of the molecule is CC(C)c1ccc(Nc2nc(Cl)nc(C=O)c2CN(C)C(C)C)cc1. The lowest BCUT2D eigenvalue weighted by Gasteiger charge is -2.23. The minimum Gasteiger partial charge on any atom is -0.340 e. The van der Waals surface area contributed by atoms with E-state index in [9.17, 15) is 4.79 Å². The molecule has 2 aromatic rings. The molecule has 25 heavy (non-hydrogen) atoms. The highest BCUT2D eigenvalue weighted by atomic mass is 35.5. The van der Waals surface area contributed by atoms with Gasteiger partial charge in [-0.25, -0.2) is 9.97 Å². The second kappa shape index (κ2) is 8.41. The molecule has 1 aromatic heterocycles. The second-order valence-corrected chi connectivity index (χ2v) is 7.07. The summed E-state index contributed by atoms with van der Waals surface area (Å²) < 4.78 is 0. The molecule has 0 aliphatic heterocycles. The third-order valence-corrected chi connectivity index (χ3v) is 4.42. The average molecular weight is 361 g/mol. The lowest BCUT2D eigenvalue weighted by atomic mass is 10.0. The molecule has 0 radical (unpaired) electrons. The van der Waals surface area contributed by atoms with Crippen LogP contribution in [-0.4, -0.2) is 34.2 Å². The molecule has 5 nitrogen and oxygen atoms in total. The molecular weight excluding hydrogens is 336 g/mol. The van der Waals surface area contributed by atoms with Crippen LogP contribution in [0.2, 0.25) is 5.28 Å². The van der Waals surface area contributed by atoms with E-state index in [1.165, 1.54) is 5.56 Å². The van der Waals surface area contributed by atoms with Crippen molar-refractivity contribution in [2.75, 3.05) is 12.4 Å². The van der Waals surface area contributed by atoms with Crippen molar-refractivity contribution < 1.29 is 4.79 Å². The van der Waals surface area contributed by atoms with Gasteiger partial charge in [0.25, 0.3) is 0 Å². The first-order chi connectivity index (χ1) is 11.8. The van der Waals surface area contributed by atoms with Gasteiger partial charge in [-0.2, -0.15) is 0 Å². The Morgan fingerprint density at radius 3 is 2.32 bits per heavy atom. The number of carbonyl (C=O) groups excluding carboxylic acids is 1. The standard InChI is InChI=1S/C19H25ClN4O/c1-12(2)14-6-8-15(9-7-14)21-18-16(10-24(5)13(3)4)17(11-25)22-19(20)23-18/h6-9,11-13H,10H2,1-5H3,(H,21,22,23). The largest absolute Gasteiger partial charge is 0.340 e. The molecule has 0 fully saturated rings. The fourth-order valence-electron chi connectivity index (χ4n) is 2.35. The lowest BCUT2D eigenvalue weighted by Crippen LogP contribution is -2.27. The lowest BCUT2D eigenvalue weighted by molar-refractivity contribution is 0.111. The zero-order valence-corrected chi connectivity index (χ0v) is 16.1. The van der Waals surface area contributed by atoms with Gasteiger partial charge in [0.15, 0.2) is 6.29 Å². The molecule has 1 heterocycles. The van der Waals surface area contributed by atoms with E-state index < -0.39 is 0 Å². The monoisotopic (exact) mass is 360 g/mol. The Morgan fingerprint density at radius 1 is 1.16 bits per heavy atom. The first-order valence-corrected chi connectivity index (χ1v) is 8.78. The highest BCUT2D eigenvalue weighted by molar-refractivity contribution is 6.28. The summed E-state index contributed by atoms with van der Waals surface area (Å²) in [5, 5.41) is 3.33. The molecule has 134 valence electrons. The fourth-order valence-corrected chi connectivity index (χ4v) is 2.53. The van der Waals surface area contributed by atoms with Crippen molar-refractivity contribution >= 4 is 29.4 Å². The topological polar surface area (TPSA) is 58.1 Å². The minimum atomic E-state index is 0.0550. The van der Waals surface area contributed by atoms with Crippen LogP contribution in [0.3, 0.4) is 0 Å². The smallest absolute Gasteiger partial charge is 0.225 e. The number of hydrogen-bond donors (Lipinski definition) is 1. The molecule has 0 bridgehead atoms. The molecule has 0 atom stereocenters. The molecule has 1 N–H and O–H groups in total. The van der Waals surface area contributed by atoms with Gasteiger partial charge in [-0.3, -0.25) is 9.69 Å². The van der Waals surface area contributed by atoms with Crippen LogP contribution in [0.4, 0.5) is 11.5 Å².